The molecule has 0 saturated heterocycles. The number of hydrogen-bond donors (Lipinski definition) is 1. The van der Waals surface area contributed by atoms with E-state index in [1.54, 1.807) is 17.4 Å². The topological polar surface area (TPSA) is 62.3 Å². The van der Waals surface area contributed by atoms with Gasteiger partial charge in [0, 0.05) is 13.1 Å². The molecule has 5 nitrogen and oxygen atoms in total. The van der Waals surface area contributed by atoms with Gasteiger partial charge in [0.25, 0.3) is 5.91 Å². The number of carbonyl (C=O) groups is 2. The van der Waals surface area contributed by atoms with Gasteiger partial charge in [0.05, 0.1) is 16.1 Å². The van der Waals surface area contributed by atoms with Crippen LogP contribution in [-0.4, -0.2) is 28.7 Å². The maximum absolute atomic E-state index is 12.1. The Morgan fingerprint density at radius 1 is 1.39 bits per heavy atom. The van der Waals surface area contributed by atoms with Crippen LogP contribution in [0.1, 0.15) is 17.7 Å². The number of carbonyl (C=O) groups excluding carboxylic acids is 2. The van der Waals surface area contributed by atoms with Crippen LogP contribution in [0.4, 0.5) is 0 Å². The first-order chi connectivity index (χ1) is 11.2. The first-order valence-corrected chi connectivity index (χ1v) is 8.26. The monoisotopic (exact) mass is 327 g/mol. The number of benzene rings is 1. The molecule has 2 heterocycles. The van der Waals surface area contributed by atoms with E-state index in [1.165, 1.54) is 9.78 Å². The molecule has 1 aromatic carbocycles. The van der Waals surface area contributed by atoms with Crippen LogP contribution < -0.4 is 5.32 Å². The number of nitrogens with zero attached hydrogens (tertiary/aromatic N) is 2. The largest absolute Gasteiger partial charge is 0.347 e. The highest BCUT2D eigenvalue weighted by Crippen LogP contribution is 2.27. The molecule has 0 aliphatic carbocycles. The fraction of sp³-hybridized carbons (Fsp3) is 0.235. The number of rotatable bonds is 5. The Bertz CT molecular complexity index is 749. The lowest BCUT2D eigenvalue weighted by atomic mass is 10.1. The number of aryl methyl sites for hydroxylation is 1. The van der Waals surface area contributed by atoms with E-state index in [4.69, 9.17) is 0 Å². The lowest BCUT2D eigenvalue weighted by Gasteiger charge is -2.14. The predicted molar refractivity (Wildman–Crippen MR) is 89.6 cm³/mol. The van der Waals surface area contributed by atoms with Gasteiger partial charge in [0.15, 0.2) is 0 Å². The quantitative estimate of drug-likeness (QED) is 0.858. The normalized spacial score (nSPS) is 13.8. The molecule has 118 valence electrons. The van der Waals surface area contributed by atoms with Crippen LogP contribution in [0.5, 0.6) is 0 Å². The Balaban J connectivity index is 1.62. The molecule has 0 spiro atoms. The van der Waals surface area contributed by atoms with E-state index in [-0.39, 0.29) is 5.91 Å². The average Bonchev–Trinajstić information content (AvgIpc) is 3.21. The summed E-state index contributed by atoms with van der Waals surface area (Å²) < 4.78 is 0. The second kappa shape index (κ2) is 6.75. The first-order valence-electron chi connectivity index (χ1n) is 7.38. The van der Waals surface area contributed by atoms with Crippen molar-refractivity contribution < 1.29 is 9.59 Å². The van der Waals surface area contributed by atoms with Crippen LogP contribution >= 0.6 is 11.3 Å². The standard InChI is InChI=1S/C17H17N3O2S/c1-12-16(23-10-19-12)14-6-4-13(5-7-14)9-18-17(22)15-3-2-8-20(15)11-21/h3-7,10-11H,2,8-9H2,1H3,(H,18,22). The Morgan fingerprint density at radius 3 is 2.83 bits per heavy atom. The Kier molecular flexibility index (Phi) is 4.52. The van der Waals surface area contributed by atoms with Gasteiger partial charge in [-0.3, -0.25) is 9.59 Å². The minimum Gasteiger partial charge on any atom is -0.347 e. The van der Waals surface area contributed by atoms with Crippen LogP contribution in [0.3, 0.4) is 0 Å². The molecule has 2 aromatic rings. The van der Waals surface area contributed by atoms with Gasteiger partial charge < -0.3 is 10.2 Å². The van der Waals surface area contributed by atoms with Crippen LogP contribution in [0.15, 0.2) is 41.5 Å². The highest BCUT2D eigenvalue weighted by atomic mass is 32.1. The summed E-state index contributed by atoms with van der Waals surface area (Å²) in [7, 11) is 0. The van der Waals surface area contributed by atoms with E-state index in [9.17, 15) is 9.59 Å². The molecule has 3 rings (SSSR count). The highest BCUT2D eigenvalue weighted by Gasteiger charge is 2.20. The van der Waals surface area contributed by atoms with Gasteiger partial charge in [-0.2, -0.15) is 0 Å². The van der Waals surface area contributed by atoms with Gasteiger partial charge in [-0.15, -0.1) is 11.3 Å². The summed E-state index contributed by atoms with van der Waals surface area (Å²) in [6.45, 7) is 3.01. The predicted octanol–water partition coefficient (Wildman–Crippen LogP) is 2.48. The smallest absolute Gasteiger partial charge is 0.267 e. The molecule has 1 aliphatic rings. The third-order valence-corrected chi connectivity index (χ3v) is 4.77. The zero-order chi connectivity index (χ0) is 16.2. The third kappa shape index (κ3) is 3.32. The number of amides is 2. The number of aromatic nitrogens is 1. The molecule has 0 saturated carbocycles. The summed E-state index contributed by atoms with van der Waals surface area (Å²) in [5, 5.41) is 2.85. The fourth-order valence-corrected chi connectivity index (χ4v) is 3.35. The van der Waals surface area contributed by atoms with Crippen molar-refractivity contribution >= 4 is 23.7 Å². The lowest BCUT2D eigenvalue weighted by molar-refractivity contribution is -0.123. The third-order valence-electron chi connectivity index (χ3n) is 3.79. The summed E-state index contributed by atoms with van der Waals surface area (Å²) in [6.07, 6.45) is 3.22. The molecule has 0 unspecified atom stereocenters. The van der Waals surface area contributed by atoms with Crippen molar-refractivity contribution in [2.45, 2.75) is 19.9 Å². The van der Waals surface area contributed by atoms with E-state index in [0.717, 1.165) is 23.2 Å². The highest BCUT2D eigenvalue weighted by molar-refractivity contribution is 7.13. The lowest BCUT2D eigenvalue weighted by Crippen LogP contribution is -2.31. The molecular formula is C17H17N3O2S. The number of nitrogens with one attached hydrogen (secondary N) is 1. The van der Waals surface area contributed by atoms with Gasteiger partial charge in [-0.05, 0) is 24.5 Å². The molecule has 0 fully saturated rings. The van der Waals surface area contributed by atoms with Gasteiger partial charge in [-0.25, -0.2) is 4.98 Å². The van der Waals surface area contributed by atoms with E-state index < -0.39 is 0 Å². The van der Waals surface area contributed by atoms with Crippen LogP contribution in [0.2, 0.25) is 0 Å². The Labute approximate surface area is 138 Å². The molecule has 1 aliphatic heterocycles. The number of thiazole rings is 1. The Morgan fingerprint density at radius 2 is 2.17 bits per heavy atom. The van der Waals surface area contributed by atoms with Crippen molar-refractivity contribution in [1.29, 1.82) is 0 Å². The molecule has 2 amide bonds. The first kappa shape index (κ1) is 15.4. The minimum absolute atomic E-state index is 0.211. The summed E-state index contributed by atoms with van der Waals surface area (Å²) >= 11 is 1.62. The van der Waals surface area contributed by atoms with Crippen molar-refractivity contribution in [3.63, 3.8) is 0 Å². The maximum Gasteiger partial charge on any atom is 0.267 e. The van der Waals surface area contributed by atoms with Crippen molar-refractivity contribution in [2.24, 2.45) is 0 Å². The second-order valence-corrected chi connectivity index (χ2v) is 6.18. The molecular weight excluding hydrogens is 310 g/mol. The Hall–Kier alpha value is -2.47. The maximum atomic E-state index is 12.1. The molecule has 0 bridgehead atoms. The van der Waals surface area contributed by atoms with Gasteiger partial charge in [0.2, 0.25) is 6.41 Å². The average molecular weight is 327 g/mol. The van der Waals surface area contributed by atoms with E-state index in [2.05, 4.69) is 10.3 Å². The summed E-state index contributed by atoms with van der Waals surface area (Å²) in [5.41, 5.74) is 5.45. The summed E-state index contributed by atoms with van der Waals surface area (Å²) in [6, 6.07) is 8.06. The van der Waals surface area contributed by atoms with E-state index in [1.807, 2.05) is 36.7 Å². The van der Waals surface area contributed by atoms with E-state index >= 15 is 0 Å². The second-order valence-electron chi connectivity index (χ2n) is 5.32. The van der Waals surface area contributed by atoms with Gasteiger partial charge in [-0.1, -0.05) is 30.3 Å². The fourth-order valence-electron chi connectivity index (χ4n) is 2.54. The van der Waals surface area contributed by atoms with Crippen LogP contribution in [-0.2, 0) is 16.1 Å². The van der Waals surface area contributed by atoms with Crippen LogP contribution in [0, 0.1) is 6.92 Å². The van der Waals surface area contributed by atoms with Crippen molar-refractivity contribution in [3.8, 4) is 10.4 Å². The van der Waals surface area contributed by atoms with Crippen molar-refractivity contribution in [1.82, 2.24) is 15.2 Å². The summed E-state index contributed by atoms with van der Waals surface area (Å²) in [4.78, 5) is 29.8. The van der Waals surface area contributed by atoms with Crippen molar-refractivity contribution in [2.75, 3.05) is 6.54 Å². The molecule has 0 atom stereocenters. The molecule has 0 radical (unpaired) electrons. The van der Waals surface area contributed by atoms with Gasteiger partial charge in [0.1, 0.15) is 5.70 Å². The minimum atomic E-state index is -0.211. The number of hydrogen-bond acceptors (Lipinski definition) is 4. The van der Waals surface area contributed by atoms with Crippen LogP contribution in [0.25, 0.3) is 10.4 Å². The van der Waals surface area contributed by atoms with Crippen molar-refractivity contribution in [3.05, 3.63) is 52.8 Å². The SMILES string of the molecule is Cc1ncsc1-c1ccc(CNC(=O)C2=CCCN2C=O)cc1. The molecule has 6 heteroatoms. The molecule has 1 aromatic heterocycles. The zero-order valence-corrected chi connectivity index (χ0v) is 13.6. The van der Waals surface area contributed by atoms with Gasteiger partial charge >= 0.3 is 0 Å². The zero-order valence-electron chi connectivity index (χ0n) is 12.8. The van der Waals surface area contributed by atoms with E-state index in [0.29, 0.717) is 25.2 Å². The molecule has 1 N–H and O–H groups in total. The molecule has 23 heavy (non-hydrogen) atoms. The summed E-state index contributed by atoms with van der Waals surface area (Å²) in [5.74, 6) is -0.211.